The van der Waals surface area contributed by atoms with E-state index >= 15 is 0 Å². The zero-order chi connectivity index (χ0) is 37.4. The van der Waals surface area contributed by atoms with Gasteiger partial charge in [-0.25, -0.2) is 18.0 Å². The fraction of sp³-hybridized carbons (Fsp3) is 0.649. The summed E-state index contributed by atoms with van der Waals surface area (Å²) < 4.78 is 39.2. The second-order valence-corrected chi connectivity index (χ2v) is 17.9. The Hall–Kier alpha value is -4.14. The van der Waals surface area contributed by atoms with Gasteiger partial charge in [0.15, 0.2) is 0 Å². The molecule has 0 spiro atoms. The van der Waals surface area contributed by atoms with E-state index < -0.39 is 80.4 Å². The molecular formula is C37H51N5O9S. The van der Waals surface area contributed by atoms with Gasteiger partial charge in [0, 0.05) is 25.4 Å². The first-order valence-electron chi connectivity index (χ1n) is 18.4. The Morgan fingerprint density at radius 3 is 2.50 bits per heavy atom. The van der Waals surface area contributed by atoms with Crippen LogP contribution in [-0.2, 0) is 40.4 Å². The fourth-order valence-corrected chi connectivity index (χ4v) is 8.88. The Morgan fingerprint density at radius 2 is 1.77 bits per heavy atom. The van der Waals surface area contributed by atoms with Crippen LogP contribution in [0.4, 0.5) is 9.59 Å². The average molecular weight is 742 g/mol. The van der Waals surface area contributed by atoms with Crippen molar-refractivity contribution >= 4 is 39.9 Å². The normalized spacial score (nSPS) is 29.7. The second kappa shape index (κ2) is 14.7. The number of amides is 5. The minimum Gasteiger partial charge on any atom is -0.444 e. The number of nitrogens with one attached hydrogen (secondary N) is 3. The molecule has 0 radical (unpaired) electrons. The fourth-order valence-electron chi connectivity index (χ4n) is 7.51. The summed E-state index contributed by atoms with van der Waals surface area (Å²) >= 11 is 0. The van der Waals surface area contributed by atoms with Crippen LogP contribution in [0.25, 0.3) is 0 Å². The van der Waals surface area contributed by atoms with E-state index in [0.717, 1.165) is 18.4 Å². The van der Waals surface area contributed by atoms with Gasteiger partial charge in [-0.2, -0.15) is 0 Å². The van der Waals surface area contributed by atoms with Crippen molar-refractivity contribution in [2.24, 2.45) is 5.92 Å². The van der Waals surface area contributed by atoms with Crippen LogP contribution in [0.2, 0.25) is 0 Å². The summed E-state index contributed by atoms with van der Waals surface area (Å²) in [4.78, 5) is 71.6. The highest BCUT2D eigenvalue weighted by Gasteiger charge is 2.62. The predicted molar refractivity (Wildman–Crippen MR) is 190 cm³/mol. The van der Waals surface area contributed by atoms with Crippen molar-refractivity contribution in [3.05, 3.63) is 47.5 Å². The summed E-state index contributed by atoms with van der Waals surface area (Å²) in [7, 11) is -3.90. The maximum Gasteiger partial charge on any atom is 0.410 e. The molecule has 284 valence electrons. The van der Waals surface area contributed by atoms with E-state index in [0.29, 0.717) is 38.8 Å². The molecule has 5 amide bonds. The molecular weight excluding hydrogens is 690 g/mol. The number of carbonyl (C=O) groups is 5. The van der Waals surface area contributed by atoms with Crippen molar-refractivity contribution in [3.8, 4) is 0 Å². The number of allylic oxidation sites excluding steroid dienone is 1. The number of carbonyl (C=O) groups excluding carboxylic acids is 5. The summed E-state index contributed by atoms with van der Waals surface area (Å²) in [5.41, 5.74) is -0.155. The standard InChI is InChI=1S/C37H51N5O9S/c1-23-20-41(21-24-12-10-11-14-28(23)24)35(47)50-26-18-30-31(43)39-37(33(45)40-52(48,49)27-16-17-27)19-25(37)13-8-6-5-7-9-15-29(32(44)42(30)22-26)38-34(46)51-36(2,3)4/h8,10-14,23,25-27,29-30H,5-7,9,15-22H2,1-4H3,(H,38,46)(H,39,43)(H,40,45)/t23?,25-,26-,29-,30+,37-/m1/s1. The Labute approximate surface area is 305 Å². The number of fused-ring (bicyclic) bond motifs is 3. The van der Waals surface area contributed by atoms with Crippen LogP contribution in [0.1, 0.15) is 103 Å². The van der Waals surface area contributed by atoms with Crippen molar-refractivity contribution in [3.63, 3.8) is 0 Å². The van der Waals surface area contributed by atoms with E-state index in [1.54, 1.807) is 25.7 Å². The molecule has 6 atom stereocenters. The zero-order valence-corrected chi connectivity index (χ0v) is 31.2. The van der Waals surface area contributed by atoms with Gasteiger partial charge in [-0.3, -0.25) is 19.1 Å². The monoisotopic (exact) mass is 741 g/mol. The first-order valence-corrected chi connectivity index (χ1v) is 20.0. The number of benzene rings is 1. The summed E-state index contributed by atoms with van der Waals surface area (Å²) in [5, 5.41) is 4.90. The van der Waals surface area contributed by atoms with E-state index in [9.17, 15) is 32.4 Å². The third kappa shape index (κ3) is 8.56. The summed E-state index contributed by atoms with van der Waals surface area (Å²) in [6.45, 7) is 7.86. The molecule has 1 saturated heterocycles. The average Bonchev–Trinajstić information content (AvgIpc) is 3.99. The SMILES string of the molecule is CC1CN(C(=O)O[C@@H]2C[C@H]3C(=O)N[C@]4(C(=O)NS(=O)(=O)C5CC5)C[C@H]4C=CCCCCC[C@@H](NC(=O)OC(C)(C)C)C(=O)N3C2)Cc2ccccc21. The number of nitrogens with zero attached hydrogens (tertiary/aromatic N) is 2. The van der Waals surface area contributed by atoms with Crippen molar-refractivity contribution in [1.29, 1.82) is 0 Å². The smallest absolute Gasteiger partial charge is 0.410 e. The van der Waals surface area contributed by atoms with Crippen molar-refractivity contribution in [2.75, 3.05) is 13.1 Å². The van der Waals surface area contributed by atoms with Gasteiger partial charge in [-0.1, -0.05) is 56.2 Å². The third-order valence-corrected chi connectivity index (χ3v) is 12.3. The van der Waals surface area contributed by atoms with Gasteiger partial charge in [0.05, 0.1) is 11.8 Å². The molecule has 1 aromatic carbocycles. The van der Waals surface area contributed by atoms with E-state index in [2.05, 4.69) is 15.4 Å². The van der Waals surface area contributed by atoms with Crippen LogP contribution in [0.3, 0.4) is 0 Å². The van der Waals surface area contributed by atoms with Gasteiger partial charge < -0.3 is 29.9 Å². The lowest BCUT2D eigenvalue weighted by molar-refractivity contribution is -0.141. The molecule has 0 bridgehead atoms. The number of hydrogen-bond acceptors (Lipinski definition) is 9. The highest BCUT2D eigenvalue weighted by atomic mass is 32.2. The minimum atomic E-state index is -3.90. The molecule has 3 aliphatic heterocycles. The number of sulfonamides is 1. The lowest BCUT2D eigenvalue weighted by Crippen LogP contribution is -2.58. The maximum absolute atomic E-state index is 14.4. The van der Waals surface area contributed by atoms with Crippen LogP contribution in [0, 0.1) is 5.92 Å². The second-order valence-electron chi connectivity index (χ2n) is 15.9. The molecule has 2 aliphatic carbocycles. The molecule has 3 fully saturated rings. The van der Waals surface area contributed by atoms with Gasteiger partial charge in [0.2, 0.25) is 21.8 Å². The lowest BCUT2D eigenvalue weighted by atomic mass is 9.91. The van der Waals surface area contributed by atoms with E-state index in [4.69, 9.17) is 9.47 Å². The number of rotatable bonds is 5. The van der Waals surface area contributed by atoms with Crippen molar-refractivity contribution < 1.29 is 41.9 Å². The molecule has 1 aromatic rings. The van der Waals surface area contributed by atoms with Crippen LogP contribution >= 0.6 is 0 Å². The number of hydrogen-bond donors (Lipinski definition) is 3. The largest absolute Gasteiger partial charge is 0.444 e. The third-order valence-electron chi connectivity index (χ3n) is 10.5. The maximum atomic E-state index is 14.4. The van der Waals surface area contributed by atoms with Gasteiger partial charge in [-0.15, -0.1) is 0 Å². The molecule has 14 nitrogen and oxygen atoms in total. The van der Waals surface area contributed by atoms with Gasteiger partial charge in [0.1, 0.15) is 29.3 Å². The predicted octanol–water partition coefficient (Wildman–Crippen LogP) is 3.61. The summed E-state index contributed by atoms with van der Waals surface area (Å²) in [6, 6.07) is 5.70. The Bertz CT molecular complexity index is 1720. The van der Waals surface area contributed by atoms with Crippen molar-refractivity contribution in [2.45, 2.75) is 133 Å². The summed E-state index contributed by atoms with van der Waals surface area (Å²) in [6.07, 6.45) is 5.73. The van der Waals surface area contributed by atoms with Crippen LogP contribution in [-0.4, -0.2) is 95.8 Å². The molecule has 0 aromatic heterocycles. The number of alkyl carbamates (subject to hydrolysis) is 1. The van der Waals surface area contributed by atoms with E-state index in [1.165, 1.54) is 10.5 Å². The van der Waals surface area contributed by atoms with Gasteiger partial charge in [0.25, 0.3) is 5.91 Å². The lowest BCUT2D eigenvalue weighted by Gasteiger charge is -2.33. The molecule has 1 unspecified atom stereocenters. The topological polar surface area (TPSA) is 181 Å². The molecule has 2 saturated carbocycles. The Balaban J connectivity index is 1.25. The van der Waals surface area contributed by atoms with Gasteiger partial charge >= 0.3 is 12.2 Å². The zero-order valence-electron chi connectivity index (χ0n) is 30.4. The first-order chi connectivity index (χ1) is 24.6. The summed E-state index contributed by atoms with van der Waals surface area (Å²) in [5.74, 6) is -2.39. The highest BCUT2D eigenvalue weighted by Crippen LogP contribution is 2.46. The molecule has 3 N–H and O–H groups in total. The molecule has 3 heterocycles. The van der Waals surface area contributed by atoms with Gasteiger partial charge in [-0.05, 0) is 76.3 Å². The first kappa shape index (κ1) is 37.6. The molecule has 52 heavy (non-hydrogen) atoms. The number of ether oxygens (including phenoxy) is 2. The Kier molecular flexibility index (Phi) is 10.6. The van der Waals surface area contributed by atoms with Crippen LogP contribution < -0.4 is 15.4 Å². The van der Waals surface area contributed by atoms with E-state index in [1.807, 2.05) is 43.3 Å². The van der Waals surface area contributed by atoms with Crippen molar-refractivity contribution in [1.82, 2.24) is 25.2 Å². The van der Waals surface area contributed by atoms with Crippen LogP contribution in [0.5, 0.6) is 0 Å². The van der Waals surface area contributed by atoms with Crippen LogP contribution in [0.15, 0.2) is 36.4 Å². The molecule has 15 heteroatoms. The quantitative estimate of drug-likeness (QED) is 0.380. The molecule has 6 rings (SSSR count). The minimum absolute atomic E-state index is 0.0545. The van der Waals surface area contributed by atoms with E-state index in [-0.39, 0.29) is 31.7 Å². The Morgan fingerprint density at radius 1 is 1.02 bits per heavy atom. The molecule has 5 aliphatic rings. The highest BCUT2D eigenvalue weighted by molar-refractivity contribution is 7.91.